The number of ether oxygens (including phenoxy) is 2. The predicted molar refractivity (Wildman–Crippen MR) is 48.2 cm³/mol. The first kappa shape index (κ1) is 11.9. The van der Waals surface area contributed by atoms with Crippen LogP contribution in [-0.4, -0.2) is 36.6 Å². The molecule has 0 spiro atoms. The fourth-order valence-electron chi connectivity index (χ4n) is 0.908. The van der Waals surface area contributed by atoms with Gasteiger partial charge in [-0.1, -0.05) is 0 Å². The van der Waals surface area contributed by atoms with Crippen molar-refractivity contribution in [2.45, 2.75) is 46.0 Å². The zero-order chi connectivity index (χ0) is 9.56. The van der Waals surface area contributed by atoms with Crippen LogP contribution in [0, 0.1) is 0 Å². The predicted octanol–water partition coefficient (Wildman–Crippen LogP) is 1.20. The maximum absolute atomic E-state index is 8.88. The van der Waals surface area contributed by atoms with Crippen LogP contribution < -0.4 is 0 Å². The molecule has 0 rings (SSSR count). The van der Waals surface area contributed by atoms with E-state index in [4.69, 9.17) is 14.6 Å². The Morgan fingerprint density at radius 3 is 2.08 bits per heavy atom. The lowest BCUT2D eigenvalue weighted by atomic mass is 10.4. The van der Waals surface area contributed by atoms with Crippen LogP contribution in [0.25, 0.3) is 0 Å². The molecule has 0 amide bonds. The molecule has 0 aromatic heterocycles. The van der Waals surface area contributed by atoms with Crippen molar-refractivity contribution in [1.82, 2.24) is 0 Å². The summed E-state index contributed by atoms with van der Waals surface area (Å²) in [5.41, 5.74) is 0. The molecule has 0 bridgehead atoms. The molecule has 0 saturated carbocycles. The molecule has 0 aliphatic carbocycles. The van der Waals surface area contributed by atoms with Gasteiger partial charge in [0.1, 0.15) is 0 Å². The fraction of sp³-hybridized carbons (Fsp3) is 1.00. The van der Waals surface area contributed by atoms with E-state index in [1.165, 1.54) is 0 Å². The third-order valence-corrected chi connectivity index (χ3v) is 1.22. The summed E-state index contributed by atoms with van der Waals surface area (Å²) in [4.78, 5) is 0. The van der Waals surface area contributed by atoms with Crippen LogP contribution in [0.1, 0.15) is 27.7 Å². The van der Waals surface area contributed by atoms with Crippen LogP contribution in [0.15, 0.2) is 0 Å². The van der Waals surface area contributed by atoms with Crippen LogP contribution in [0.4, 0.5) is 0 Å². The molecule has 0 heterocycles. The first-order valence-electron chi connectivity index (χ1n) is 4.43. The molecular formula is C9H20O3. The van der Waals surface area contributed by atoms with E-state index in [9.17, 15) is 0 Å². The Morgan fingerprint density at radius 2 is 1.67 bits per heavy atom. The number of aliphatic hydroxyl groups is 1. The van der Waals surface area contributed by atoms with Crippen molar-refractivity contribution in [2.75, 3.05) is 13.2 Å². The Kier molecular flexibility index (Phi) is 6.34. The van der Waals surface area contributed by atoms with E-state index in [1.54, 1.807) is 6.92 Å². The highest BCUT2D eigenvalue weighted by molar-refractivity contribution is 4.51. The van der Waals surface area contributed by atoms with Gasteiger partial charge in [0.25, 0.3) is 0 Å². The molecule has 0 aromatic carbocycles. The fourth-order valence-corrected chi connectivity index (χ4v) is 0.908. The van der Waals surface area contributed by atoms with Crippen LogP contribution in [0.5, 0.6) is 0 Å². The van der Waals surface area contributed by atoms with Gasteiger partial charge in [0, 0.05) is 0 Å². The number of hydrogen-bond acceptors (Lipinski definition) is 3. The van der Waals surface area contributed by atoms with E-state index in [-0.39, 0.29) is 12.2 Å². The summed E-state index contributed by atoms with van der Waals surface area (Å²) in [7, 11) is 0. The molecule has 0 aromatic rings. The summed E-state index contributed by atoms with van der Waals surface area (Å²) < 4.78 is 10.6. The highest BCUT2D eigenvalue weighted by atomic mass is 16.5. The first-order valence-corrected chi connectivity index (χ1v) is 4.43. The van der Waals surface area contributed by atoms with Crippen molar-refractivity contribution >= 4 is 0 Å². The minimum absolute atomic E-state index is 0.101. The third kappa shape index (κ3) is 7.98. The average molecular weight is 176 g/mol. The minimum atomic E-state index is -0.392. The molecule has 0 aliphatic heterocycles. The van der Waals surface area contributed by atoms with Crippen molar-refractivity contribution in [2.24, 2.45) is 0 Å². The monoisotopic (exact) mass is 176 g/mol. The van der Waals surface area contributed by atoms with E-state index in [2.05, 4.69) is 0 Å². The van der Waals surface area contributed by atoms with Gasteiger partial charge in [0.05, 0.1) is 31.5 Å². The largest absolute Gasteiger partial charge is 0.391 e. The maximum Gasteiger partial charge on any atom is 0.0783 e. The number of rotatable bonds is 6. The smallest absolute Gasteiger partial charge is 0.0783 e. The van der Waals surface area contributed by atoms with E-state index in [0.29, 0.717) is 13.2 Å². The Hall–Kier alpha value is -0.120. The standard InChI is InChI=1S/C9H20O3/c1-7(2)12-9(4)6-11-5-8(3)10/h7-10H,5-6H2,1-4H3/t8-,9-/m1/s1. The molecule has 3 nitrogen and oxygen atoms in total. The van der Waals surface area contributed by atoms with Gasteiger partial charge in [-0.25, -0.2) is 0 Å². The van der Waals surface area contributed by atoms with E-state index < -0.39 is 6.10 Å². The summed E-state index contributed by atoms with van der Waals surface area (Å²) in [5, 5.41) is 8.88. The highest BCUT2D eigenvalue weighted by Gasteiger charge is 2.05. The zero-order valence-corrected chi connectivity index (χ0v) is 8.41. The topological polar surface area (TPSA) is 38.7 Å². The zero-order valence-electron chi connectivity index (χ0n) is 8.41. The molecule has 0 fully saturated rings. The summed E-state index contributed by atoms with van der Waals surface area (Å²) in [6.45, 7) is 8.57. The molecule has 74 valence electrons. The van der Waals surface area contributed by atoms with Crippen LogP contribution in [-0.2, 0) is 9.47 Å². The molecule has 1 N–H and O–H groups in total. The first-order chi connectivity index (χ1) is 5.52. The lowest BCUT2D eigenvalue weighted by Crippen LogP contribution is -2.22. The van der Waals surface area contributed by atoms with Gasteiger partial charge in [0.15, 0.2) is 0 Å². The van der Waals surface area contributed by atoms with E-state index in [0.717, 1.165) is 0 Å². The number of aliphatic hydroxyl groups excluding tert-OH is 1. The molecule has 0 radical (unpaired) electrons. The van der Waals surface area contributed by atoms with E-state index >= 15 is 0 Å². The minimum Gasteiger partial charge on any atom is -0.391 e. The summed E-state index contributed by atoms with van der Waals surface area (Å²) in [5.74, 6) is 0. The molecule has 3 heteroatoms. The Bertz CT molecular complexity index is 102. The van der Waals surface area contributed by atoms with E-state index in [1.807, 2.05) is 20.8 Å². The van der Waals surface area contributed by atoms with Crippen molar-refractivity contribution in [1.29, 1.82) is 0 Å². The Balaban J connectivity index is 3.25. The highest BCUT2D eigenvalue weighted by Crippen LogP contribution is 1.97. The molecular weight excluding hydrogens is 156 g/mol. The summed E-state index contributed by atoms with van der Waals surface area (Å²) in [6.07, 6.45) is -0.0600. The van der Waals surface area contributed by atoms with Gasteiger partial charge < -0.3 is 14.6 Å². The maximum atomic E-state index is 8.88. The van der Waals surface area contributed by atoms with Gasteiger partial charge >= 0.3 is 0 Å². The molecule has 0 unspecified atom stereocenters. The normalized spacial score (nSPS) is 16.5. The van der Waals surface area contributed by atoms with Gasteiger partial charge in [-0.05, 0) is 27.7 Å². The van der Waals surface area contributed by atoms with Crippen molar-refractivity contribution in [3.63, 3.8) is 0 Å². The van der Waals surface area contributed by atoms with Crippen LogP contribution >= 0.6 is 0 Å². The molecule has 0 saturated heterocycles. The lowest BCUT2D eigenvalue weighted by molar-refractivity contribution is -0.0492. The summed E-state index contributed by atoms with van der Waals surface area (Å²) >= 11 is 0. The molecule has 2 atom stereocenters. The second-order valence-electron chi connectivity index (χ2n) is 3.38. The molecule has 0 aliphatic rings. The second kappa shape index (κ2) is 6.40. The number of hydrogen-bond donors (Lipinski definition) is 1. The Labute approximate surface area is 74.7 Å². The SMILES string of the molecule is CC(C)O[C@H](C)COC[C@@H](C)O. The van der Waals surface area contributed by atoms with Gasteiger partial charge in [-0.2, -0.15) is 0 Å². The van der Waals surface area contributed by atoms with Crippen molar-refractivity contribution in [3.8, 4) is 0 Å². The van der Waals surface area contributed by atoms with Crippen molar-refractivity contribution < 1.29 is 14.6 Å². The lowest BCUT2D eigenvalue weighted by Gasteiger charge is -2.16. The van der Waals surface area contributed by atoms with Crippen molar-refractivity contribution in [3.05, 3.63) is 0 Å². The molecule has 12 heavy (non-hydrogen) atoms. The van der Waals surface area contributed by atoms with Gasteiger partial charge in [-0.15, -0.1) is 0 Å². The van der Waals surface area contributed by atoms with Crippen LogP contribution in [0.2, 0.25) is 0 Å². The van der Waals surface area contributed by atoms with Crippen LogP contribution in [0.3, 0.4) is 0 Å². The second-order valence-corrected chi connectivity index (χ2v) is 3.38. The quantitative estimate of drug-likeness (QED) is 0.661. The van der Waals surface area contributed by atoms with Gasteiger partial charge in [-0.3, -0.25) is 0 Å². The summed E-state index contributed by atoms with van der Waals surface area (Å²) in [6, 6.07) is 0. The van der Waals surface area contributed by atoms with Gasteiger partial charge in [0.2, 0.25) is 0 Å². The average Bonchev–Trinajstić information content (AvgIpc) is 1.84. The Morgan fingerprint density at radius 1 is 1.08 bits per heavy atom. The third-order valence-electron chi connectivity index (χ3n) is 1.22.